The SMILES string of the molecule is O=C(CCc1cccnc1)N1CC[C@@H](CSc2ccccc2)C1. The van der Waals surface area contributed by atoms with E-state index in [1.807, 2.05) is 41.1 Å². The van der Waals surface area contributed by atoms with Crippen molar-refractivity contribution in [2.24, 2.45) is 5.92 Å². The van der Waals surface area contributed by atoms with Crippen LogP contribution in [0, 0.1) is 5.92 Å². The van der Waals surface area contributed by atoms with E-state index in [-0.39, 0.29) is 5.91 Å². The van der Waals surface area contributed by atoms with E-state index in [0.29, 0.717) is 12.3 Å². The molecule has 0 aliphatic carbocycles. The average molecular weight is 326 g/mol. The van der Waals surface area contributed by atoms with Gasteiger partial charge in [0.1, 0.15) is 0 Å². The summed E-state index contributed by atoms with van der Waals surface area (Å²) in [5, 5.41) is 0. The summed E-state index contributed by atoms with van der Waals surface area (Å²) in [6.45, 7) is 1.82. The molecule has 4 heteroatoms. The van der Waals surface area contributed by atoms with E-state index in [1.54, 1.807) is 6.20 Å². The third-order valence-electron chi connectivity index (χ3n) is 4.22. The summed E-state index contributed by atoms with van der Waals surface area (Å²) >= 11 is 1.90. The molecule has 1 atom stereocenters. The summed E-state index contributed by atoms with van der Waals surface area (Å²) in [6, 6.07) is 14.4. The Hall–Kier alpha value is -1.81. The highest BCUT2D eigenvalue weighted by molar-refractivity contribution is 7.99. The lowest BCUT2D eigenvalue weighted by Gasteiger charge is -2.16. The van der Waals surface area contributed by atoms with Crippen LogP contribution in [0.1, 0.15) is 18.4 Å². The van der Waals surface area contributed by atoms with Crippen LogP contribution in [0.5, 0.6) is 0 Å². The topological polar surface area (TPSA) is 33.2 Å². The second kappa shape index (κ2) is 8.16. The van der Waals surface area contributed by atoms with Crippen molar-refractivity contribution in [2.75, 3.05) is 18.8 Å². The molecule has 1 fully saturated rings. The Bertz CT molecular complexity index is 618. The first-order valence-electron chi connectivity index (χ1n) is 8.16. The molecule has 1 aliphatic rings. The molecule has 1 saturated heterocycles. The molecule has 23 heavy (non-hydrogen) atoms. The highest BCUT2D eigenvalue weighted by Gasteiger charge is 2.25. The van der Waals surface area contributed by atoms with Crippen LogP contribution in [0.3, 0.4) is 0 Å². The molecule has 0 saturated carbocycles. The van der Waals surface area contributed by atoms with Gasteiger partial charge in [-0.25, -0.2) is 0 Å². The molecule has 0 bridgehead atoms. The van der Waals surface area contributed by atoms with E-state index in [1.165, 1.54) is 4.90 Å². The minimum absolute atomic E-state index is 0.279. The van der Waals surface area contributed by atoms with Crippen molar-refractivity contribution in [1.29, 1.82) is 0 Å². The van der Waals surface area contributed by atoms with Crippen LogP contribution >= 0.6 is 11.8 Å². The van der Waals surface area contributed by atoms with Gasteiger partial charge in [0.2, 0.25) is 5.91 Å². The van der Waals surface area contributed by atoms with Crippen molar-refractivity contribution in [3.63, 3.8) is 0 Å². The summed E-state index contributed by atoms with van der Waals surface area (Å²) in [6.07, 6.45) is 6.10. The Kier molecular flexibility index (Phi) is 5.70. The van der Waals surface area contributed by atoms with Gasteiger partial charge < -0.3 is 4.90 Å². The predicted octanol–water partition coefficient (Wildman–Crippen LogP) is 3.66. The fraction of sp³-hybridized carbons (Fsp3) is 0.368. The van der Waals surface area contributed by atoms with E-state index >= 15 is 0 Å². The van der Waals surface area contributed by atoms with E-state index in [2.05, 4.69) is 29.2 Å². The number of thioether (sulfide) groups is 1. The number of aromatic nitrogens is 1. The minimum Gasteiger partial charge on any atom is -0.342 e. The summed E-state index contributed by atoms with van der Waals surface area (Å²) in [5.74, 6) is 1.99. The van der Waals surface area contributed by atoms with Gasteiger partial charge >= 0.3 is 0 Å². The maximum Gasteiger partial charge on any atom is 0.222 e. The lowest BCUT2D eigenvalue weighted by molar-refractivity contribution is -0.130. The summed E-state index contributed by atoms with van der Waals surface area (Å²) in [7, 11) is 0. The van der Waals surface area contributed by atoms with Gasteiger partial charge in [0, 0.05) is 42.6 Å². The van der Waals surface area contributed by atoms with Crippen LogP contribution in [0.2, 0.25) is 0 Å². The Labute approximate surface area is 142 Å². The van der Waals surface area contributed by atoms with Crippen molar-refractivity contribution >= 4 is 17.7 Å². The largest absolute Gasteiger partial charge is 0.342 e. The normalized spacial score (nSPS) is 17.4. The third-order valence-corrected chi connectivity index (χ3v) is 5.46. The van der Waals surface area contributed by atoms with Gasteiger partial charge in [-0.3, -0.25) is 9.78 Å². The zero-order chi connectivity index (χ0) is 15.9. The molecule has 120 valence electrons. The van der Waals surface area contributed by atoms with E-state index in [9.17, 15) is 4.79 Å². The molecule has 0 N–H and O–H groups in total. The fourth-order valence-electron chi connectivity index (χ4n) is 2.88. The second-order valence-electron chi connectivity index (χ2n) is 5.98. The first-order chi connectivity index (χ1) is 11.3. The van der Waals surface area contributed by atoms with Gasteiger partial charge in [0.25, 0.3) is 0 Å². The van der Waals surface area contributed by atoms with E-state index < -0.39 is 0 Å². The van der Waals surface area contributed by atoms with Crippen LogP contribution in [-0.4, -0.2) is 34.6 Å². The maximum atomic E-state index is 12.3. The number of carbonyl (C=O) groups excluding carboxylic acids is 1. The summed E-state index contributed by atoms with van der Waals surface area (Å²) < 4.78 is 0. The van der Waals surface area contributed by atoms with Gasteiger partial charge in [-0.1, -0.05) is 24.3 Å². The Morgan fingerprint density at radius 2 is 2.09 bits per heavy atom. The van der Waals surface area contributed by atoms with Gasteiger partial charge in [-0.2, -0.15) is 0 Å². The predicted molar refractivity (Wildman–Crippen MR) is 94.4 cm³/mol. The zero-order valence-corrected chi connectivity index (χ0v) is 14.0. The maximum absolute atomic E-state index is 12.3. The first-order valence-corrected chi connectivity index (χ1v) is 9.14. The quantitative estimate of drug-likeness (QED) is 0.760. The molecule has 1 amide bonds. The van der Waals surface area contributed by atoms with Gasteiger partial charge in [0.05, 0.1) is 0 Å². The van der Waals surface area contributed by atoms with Crippen molar-refractivity contribution < 1.29 is 4.79 Å². The highest BCUT2D eigenvalue weighted by Crippen LogP contribution is 2.26. The third kappa shape index (κ3) is 4.83. The minimum atomic E-state index is 0.279. The molecule has 3 rings (SSSR count). The van der Waals surface area contributed by atoms with Crippen LogP contribution in [0.4, 0.5) is 0 Å². The molecular formula is C19H22N2OS. The number of carbonyl (C=O) groups is 1. The molecule has 0 unspecified atom stereocenters. The molecular weight excluding hydrogens is 304 g/mol. The number of likely N-dealkylation sites (tertiary alicyclic amines) is 1. The summed E-state index contributed by atoms with van der Waals surface area (Å²) in [4.78, 5) is 19.8. The number of amides is 1. The monoisotopic (exact) mass is 326 g/mol. The highest BCUT2D eigenvalue weighted by atomic mass is 32.2. The summed E-state index contributed by atoms with van der Waals surface area (Å²) in [5.41, 5.74) is 1.14. The van der Waals surface area contributed by atoms with Gasteiger partial charge in [0.15, 0.2) is 0 Å². The smallest absolute Gasteiger partial charge is 0.222 e. The standard InChI is InChI=1S/C19H22N2OS/c22-19(9-8-16-5-4-11-20-13-16)21-12-10-17(14-21)15-23-18-6-2-1-3-7-18/h1-7,11,13,17H,8-10,12,14-15H2/t17-/m1/s1. The van der Waals surface area contributed by atoms with Crippen LogP contribution in [-0.2, 0) is 11.2 Å². The average Bonchev–Trinajstić information content (AvgIpc) is 3.09. The Morgan fingerprint density at radius 1 is 1.22 bits per heavy atom. The molecule has 1 aromatic heterocycles. The number of aryl methyl sites for hydroxylation is 1. The lowest BCUT2D eigenvalue weighted by Crippen LogP contribution is -2.29. The number of nitrogens with zero attached hydrogens (tertiary/aromatic N) is 2. The van der Waals surface area contributed by atoms with Gasteiger partial charge in [-0.05, 0) is 42.5 Å². The first kappa shape index (κ1) is 16.1. The molecule has 0 spiro atoms. The Balaban J connectivity index is 1.41. The van der Waals surface area contributed by atoms with Crippen LogP contribution < -0.4 is 0 Å². The second-order valence-corrected chi connectivity index (χ2v) is 7.07. The van der Waals surface area contributed by atoms with Crippen molar-refractivity contribution in [3.8, 4) is 0 Å². The number of pyridine rings is 1. The zero-order valence-electron chi connectivity index (χ0n) is 13.2. The number of hydrogen-bond acceptors (Lipinski definition) is 3. The molecule has 0 radical (unpaired) electrons. The van der Waals surface area contributed by atoms with Crippen molar-refractivity contribution in [3.05, 3.63) is 60.4 Å². The van der Waals surface area contributed by atoms with E-state index in [4.69, 9.17) is 0 Å². The van der Waals surface area contributed by atoms with Crippen molar-refractivity contribution in [1.82, 2.24) is 9.88 Å². The van der Waals surface area contributed by atoms with Crippen LogP contribution in [0.15, 0.2) is 59.8 Å². The molecule has 1 aliphatic heterocycles. The molecule has 2 aromatic rings. The molecule has 1 aromatic carbocycles. The lowest BCUT2D eigenvalue weighted by atomic mass is 10.1. The van der Waals surface area contributed by atoms with Crippen molar-refractivity contribution in [2.45, 2.75) is 24.2 Å². The molecule has 2 heterocycles. The molecule has 3 nitrogen and oxygen atoms in total. The number of hydrogen-bond donors (Lipinski definition) is 0. The Morgan fingerprint density at radius 3 is 2.87 bits per heavy atom. The number of rotatable bonds is 6. The van der Waals surface area contributed by atoms with Crippen LogP contribution in [0.25, 0.3) is 0 Å². The fourth-order valence-corrected chi connectivity index (χ4v) is 3.93. The number of benzene rings is 1. The van der Waals surface area contributed by atoms with E-state index in [0.717, 1.165) is 37.2 Å². The van der Waals surface area contributed by atoms with Gasteiger partial charge in [-0.15, -0.1) is 11.8 Å².